The number of benzene rings is 1. The standard InChI is InChI=1S/C16H22N2O3/c1-10-14(11(2)21-18-10)7-13(9-17)12-5-6-15(19-3)16(8-12)20-4/h5-6,8,13H,7,9,17H2,1-4H3. The molecule has 1 heterocycles. The lowest BCUT2D eigenvalue weighted by Gasteiger charge is -2.17. The molecule has 1 unspecified atom stereocenters. The van der Waals surface area contributed by atoms with Crippen LogP contribution in [0.2, 0.25) is 0 Å². The molecule has 0 fully saturated rings. The van der Waals surface area contributed by atoms with Gasteiger partial charge in [0.05, 0.1) is 19.9 Å². The summed E-state index contributed by atoms with van der Waals surface area (Å²) in [5.41, 5.74) is 9.13. The van der Waals surface area contributed by atoms with Gasteiger partial charge in [-0.25, -0.2) is 0 Å². The van der Waals surface area contributed by atoms with Gasteiger partial charge in [0.2, 0.25) is 0 Å². The Labute approximate surface area is 125 Å². The summed E-state index contributed by atoms with van der Waals surface area (Å²) in [5.74, 6) is 2.47. The summed E-state index contributed by atoms with van der Waals surface area (Å²) in [6.07, 6.45) is 0.799. The van der Waals surface area contributed by atoms with Crippen LogP contribution in [0.3, 0.4) is 0 Å². The summed E-state index contributed by atoms with van der Waals surface area (Å²) in [4.78, 5) is 0. The maximum absolute atomic E-state index is 5.96. The summed E-state index contributed by atoms with van der Waals surface area (Å²) in [7, 11) is 3.26. The van der Waals surface area contributed by atoms with Gasteiger partial charge in [-0.3, -0.25) is 0 Å². The molecule has 0 aliphatic carbocycles. The van der Waals surface area contributed by atoms with Gasteiger partial charge in [0.15, 0.2) is 11.5 Å². The van der Waals surface area contributed by atoms with E-state index in [2.05, 4.69) is 5.16 Å². The molecule has 2 aromatic rings. The van der Waals surface area contributed by atoms with Crippen LogP contribution in [0.1, 0.15) is 28.5 Å². The van der Waals surface area contributed by atoms with Gasteiger partial charge in [-0.1, -0.05) is 11.2 Å². The van der Waals surface area contributed by atoms with Gasteiger partial charge in [-0.05, 0) is 44.5 Å². The van der Waals surface area contributed by atoms with E-state index in [1.54, 1.807) is 14.2 Å². The first-order valence-electron chi connectivity index (χ1n) is 6.94. The van der Waals surface area contributed by atoms with E-state index in [1.807, 2.05) is 32.0 Å². The molecule has 0 radical (unpaired) electrons. The van der Waals surface area contributed by atoms with Gasteiger partial charge in [0.1, 0.15) is 5.76 Å². The Morgan fingerprint density at radius 3 is 2.43 bits per heavy atom. The molecule has 0 saturated carbocycles. The number of rotatable bonds is 6. The summed E-state index contributed by atoms with van der Waals surface area (Å²) >= 11 is 0. The number of hydrogen-bond donors (Lipinski definition) is 1. The van der Waals surface area contributed by atoms with E-state index in [-0.39, 0.29) is 5.92 Å². The van der Waals surface area contributed by atoms with E-state index in [4.69, 9.17) is 19.7 Å². The summed E-state index contributed by atoms with van der Waals surface area (Å²) in [6.45, 7) is 4.42. The van der Waals surface area contributed by atoms with E-state index in [9.17, 15) is 0 Å². The Balaban J connectivity index is 2.29. The van der Waals surface area contributed by atoms with Crippen LogP contribution in [-0.2, 0) is 6.42 Å². The molecular weight excluding hydrogens is 268 g/mol. The van der Waals surface area contributed by atoms with Crippen LogP contribution in [-0.4, -0.2) is 25.9 Å². The Morgan fingerprint density at radius 2 is 1.90 bits per heavy atom. The average molecular weight is 290 g/mol. The molecule has 0 spiro atoms. The summed E-state index contributed by atoms with van der Waals surface area (Å²) < 4.78 is 15.8. The second-order valence-electron chi connectivity index (χ2n) is 5.05. The monoisotopic (exact) mass is 290 g/mol. The third-order valence-electron chi connectivity index (χ3n) is 3.80. The number of hydrogen-bond acceptors (Lipinski definition) is 5. The lowest BCUT2D eigenvalue weighted by Crippen LogP contribution is -2.16. The van der Waals surface area contributed by atoms with Crippen molar-refractivity contribution in [1.82, 2.24) is 5.16 Å². The molecule has 21 heavy (non-hydrogen) atoms. The number of methoxy groups -OCH3 is 2. The second kappa shape index (κ2) is 6.63. The van der Waals surface area contributed by atoms with E-state index in [0.717, 1.165) is 34.8 Å². The van der Waals surface area contributed by atoms with Crippen LogP contribution in [0, 0.1) is 13.8 Å². The van der Waals surface area contributed by atoms with Gasteiger partial charge in [0, 0.05) is 11.5 Å². The topological polar surface area (TPSA) is 70.5 Å². The molecule has 0 amide bonds. The average Bonchev–Trinajstić information content (AvgIpc) is 2.83. The first kappa shape index (κ1) is 15.4. The molecule has 1 aromatic heterocycles. The van der Waals surface area contributed by atoms with Crippen molar-refractivity contribution >= 4 is 0 Å². The van der Waals surface area contributed by atoms with Crippen molar-refractivity contribution < 1.29 is 14.0 Å². The zero-order valence-electron chi connectivity index (χ0n) is 13.0. The second-order valence-corrected chi connectivity index (χ2v) is 5.05. The molecular formula is C16H22N2O3. The quantitative estimate of drug-likeness (QED) is 0.885. The normalized spacial score (nSPS) is 12.2. The molecule has 5 nitrogen and oxygen atoms in total. The molecule has 1 atom stereocenters. The molecule has 0 bridgehead atoms. The largest absolute Gasteiger partial charge is 0.493 e. The van der Waals surface area contributed by atoms with E-state index in [1.165, 1.54) is 0 Å². The minimum Gasteiger partial charge on any atom is -0.493 e. The smallest absolute Gasteiger partial charge is 0.160 e. The van der Waals surface area contributed by atoms with Gasteiger partial charge in [-0.15, -0.1) is 0 Å². The fourth-order valence-electron chi connectivity index (χ4n) is 2.48. The maximum atomic E-state index is 5.96. The van der Waals surface area contributed by atoms with Crippen LogP contribution in [0.15, 0.2) is 22.7 Å². The number of nitrogens with zero attached hydrogens (tertiary/aromatic N) is 1. The highest BCUT2D eigenvalue weighted by Crippen LogP contribution is 2.32. The molecule has 0 saturated heterocycles. The van der Waals surface area contributed by atoms with Crippen LogP contribution in [0.25, 0.3) is 0 Å². The van der Waals surface area contributed by atoms with Crippen molar-refractivity contribution in [2.75, 3.05) is 20.8 Å². The number of aryl methyl sites for hydroxylation is 2. The van der Waals surface area contributed by atoms with Crippen molar-refractivity contribution in [3.05, 3.63) is 40.8 Å². The third kappa shape index (κ3) is 3.19. The zero-order valence-corrected chi connectivity index (χ0v) is 13.0. The van der Waals surface area contributed by atoms with Gasteiger partial charge < -0.3 is 19.7 Å². The van der Waals surface area contributed by atoms with Crippen molar-refractivity contribution in [2.45, 2.75) is 26.2 Å². The fourth-order valence-corrected chi connectivity index (χ4v) is 2.48. The number of aromatic nitrogens is 1. The lowest BCUT2D eigenvalue weighted by molar-refractivity contribution is 0.354. The molecule has 1 aromatic carbocycles. The minimum atomic E-state index is 0.182. The minimum absolute atomic E-state index is 0.182. The van der Waals surface area contributed by atoms with E-state index < -0.39 is 0 Å². The molecule has 2 rings (SSSR count). The highest BCUT2D eigenvalue weighted by Gasteiger charge is 2.18. The summed E-state index contributed by atoms with van der Waals surface area (Å²) in [6, 6.07) is 5.91. The lowest BCUT2D eigenvalue weighted by atomic mass is 9.91. The van der Waals surface area contributed by atoms with Gasteiger partial charge in [0.25, 0.3) is 0 Å². The maximum Gasteiger partial charge on any atom is 0.160 e. The van der Waals surface area contributed by atoms with Gasteiger partial charge >= 0.3 is 0 Å². The predicted octanol–water partition coefficient (Wildman–Crippen LogP) is 2.59. The molecule has 2 N–H and O–H groups in total. The van der Waals surface area contributed by atoms with Crippen LogP contribution in [0.4, 0.5) is 0 Å². The van der Waals surface area contributed by atoms with Gasteiger partial charge in [-0.2, -0.15) is 0 Å². The Morgan fingerprint density at radius 1 is 1.19 bits per heavy atom. The first-order chi connectivity index (χ1) is 10.1. The summed E-state index contributed by atoms with van der Waals surface area (Å²) in [5, 5.41) is 4.00. The van der Waals surface area contributed by atoms with Crippen molar-refractivity contribution in [1.29, 1.82) is 0 Å². The molecule has 0 aliphatic heterocycles. The van der Waals surface area contributed by atoms with Crippen molar-refractivity contribution in [3.63, 3.8) is 0 Å². The zero-order chi connectivity index (χ0) is 15.4. The van der Waals surface area contributed by atoms with Crippen molar-refractivity contribution in [3.8, 4) is 11.5 Å². The van der Waals surface area contributed by atoms with E-state index in [0.29, 0.717) is 12.3 Å². The molecule has 5 heteroatoms. The highest BCUT2D eigenvalue weighted by atomic mass is 16.5. The predicted molar refractivity (Wildman–Crippen MR) is 81.0 cm³/mol. The number of ether oxygens (including phenoxy) is 2. The fraction of sp³-hybridized carbons (Fsp3) is 0.438. The van der Waals surface area contributed by atoms with Crippen LogP contribution >= 0.6 is 0 Å². The van der Waals surface area contributed by atoms with Crippen LogP contribution < -0.4 is 15.2 Å². The Kier molecular flexibility index (Phi) is 4.85. The third-order valence-corrected chi connectivity index (χ3v) is 3.80. The molecule has 0 aliphatic rings. The highest BCUT2D eigenvalue weighted by molar-refractivity contribution is 5.44. The number of nitrogens with two attached hydrogens (primary N) is 1. The first-order valence-corrected chi connectivity index (χ1v) is 6.94. The van der Waals surface area contributed by atoms with Crippen LogP contribution in [0.5, 0.6) is 11.5 Å². The molecule has 114 valence electrons. The van der Waals surface area contributed by atoms with Crippen molar-refractivity contribution in [2.24, 2.45) is 5.73 Å². The Hall–Kier alpha value is -2.01. The van der Waals surface area contributed by atoms with E-state index >= 15 is 0 Å². The SMILES string of the molecule is COc1ccc(C(CN)Cc2c(C)noc2C)cc1OC. The Bertz CT molecular complexity index is 588.